The molecule has 2 amide bonds. The van der Waals surface area contributed by atoms with Crippen molar-refractivity contribution in [3.8, 4) is 5.75 Å². The molecule has 3 aromatic rings. The van der Waals surface area contributed by atoms with Crippen molar-refractivity contribution in [2.45, 2.75) is 27.4 Å². The molecule has 32 heavy (non-hydrogen) atoms. The smallest absolute Gasteiger partial charge is 0.329 e. The van der Waals surface area contributed by atoms with Crippen molar-refractivity contribution in [3.05, 3.63) is 94.0 Å². The molecule has 0 aliphatic rings. The summed E-state index contributed by atoms with van der Waals surface area (Å²) in [6.07, 6.45) is 0. The van der Waals surface area contributed by atoms with E-state index in [9.17, 15) is 9.59 Å². The van der Waals surface area contributed by atoms with Crippen molar-refractivity contribution in [1.82, 2.24) is 5.43 Å². The second kappa shape index (κ2) is 10.6. The van der Waals surface area contributed by atoms with E-state index in [-0.39, 0.29) is 0 Å². The van der Waals surface area contributed by atoms with E-state index in [1.54, 1.807) is 13.0 Å². The van der Waals surface area contributed by atoms with Crippen LogP contribution in [-0.2, 0) is 16.2 Å². The third-order valence-corrected chi connectivity index (χ3v) is 5.14. The van der Waals surface area contributed by atoms with Gasteiger partial charge in [0, 0.05) is 10.7 Å². The summed E-state index contributed by atoms with van der Waals surface area (Å²) in [5, 5.41) is 7.27. The van der Waals surface area contributed by atoms with Gasteiger partial charge in [-0.15, -0.1) is 0 Å². The molecule has 0 unspecified atom stereocenters. The van der Waals surface area contributed by atoms with Crippen molar-refractivity contribution in [2.24, 2.45) is 5.10 Å². The number of aryl methyl sites for hydroxylation is 2. The van der Waals surface area contributed by atoms with Gasteiger partial charge in [-0.2, -0.15) is 5.10 Å². The molecule has 0 heterocycles. The number of anilines is 1. The molecule has 6 nitrogen and oxygen atoms in total. The zero-order valence-electron chi connectivity index (χ0n) is 18.1. The van der Waals surface area contributed by atoms with E-state index in [2.05, 4.69) is 15.8 Å². The Balaban J connectivity index is 1.53. The van der Waals surface area contributed by atoms with Crippen LogP contribution in [-0.4, -0.2) is 17.5 Å². The standard InChI is InChI=1S/C25H24ClN3O3/c1-16-4-11-22(14-17(16)2)27-24(30)25(31)29-28-18(3)20-7-12-23(13-8-20)32-15-19-5-9-21(26)10-6-19/h4-14H,15H2,1-3H3,(H,27,30)(H,29,31)/b28-18+. The molecule has 0 atom stereocenters. The van der Waals surface area contributed by atoms with E-state index in [1.165, 1.54) is 0 Å². The van der Waals surface area contributed by atoms with Crippen LogP contribution in [0.2, 0.25) is 5.02 Å². The molecule has 0 aliphatic heterocycles. The SMILES string of the molecule is C/C(=N\NC(=O)C(=O)Nc1ccc(C)c(C)c1)c1ccc(OCc2ccc(Cl)cc2)cc1. The number of carbonyl (C=O) groups excluding carboxylic acids is 2. The summed E-state index contributed by atoms with van der Waals surface area (Å²) in [5.41, 5.74) is 7.34. The summed E-state index contributed by atoms with van der Waals surface area (Å²) in [6.45, 7) is 6.08. The highest BCUT2D eigenvalue weighted by molar-refractivity contribution is 6.39. The van der Waals surface area contributed by atoms with Gasteiger partial charge in [-0.05, 0) is 91.6 Å². The van der Waals surface area contributed by atoms with E-state index < -0.39 is 11.8 Å². The lowest BCUT2D eigenvalue weighted by Crippen LogP contribution is -2.33. The number of carbonyl (C=O) groups is 2. The fourth-order valence-electron chi connectivity index (χ4n) is 2.80. The molecule has 0 fully saturated rings. The summed E-state index contributed by atoms with van der Waals surface area (Å²) in [4.78, 5) is 24.2. The zero-order chi connectivity index (χ0) is 23.1. The topological polar surface area (TPSA) is 79.8 Å². The molecule has 7 heteroatoms. The highest BCUT2D eigenvalue weighted by Gasteiger charge is 2.13. The monoisotopic (exact) mass is 449 g/mol. The molecule has 164 valence electrons. The van der Waals surface area contributed by atoms with Gasteiger partial charge in [0.25, 0.3) is 0 Å². The van der Waals surface area contributed by atoms with Crippen LogP contribution in [0, 0.1) is 13.8 Å². The number of amides is 2. The van der Waals surface area contributed by atoms with Crippen LogP contribution in [0.1, 0.15) is 29.2 Å². The zero-order valence-corrected chi connectivity index (χ0v) is 18.9. The summed E-state index contributed by atoms with van der Waals surface area (Å²) in [6, 6.07) is 20.2. The maximum absolute atomic E-state index is 12.1. The van der Waals surface area contributed by atoms with Crippen molar-refractivity contribution >= 4 is 34.8 Å². The maximum atomic E-state index is 12.1. The second-order valence-corrected chi connectivity index (χ2v) is 7.77. The van der Waals surface area contributed by atoms with Gasteiger partial charge in [0.2, 0.25) is 0 Å². The first kappa shape index (κ1) is 23.0. The van der Waals surface area contributed by atoms with Gasteiger partial charge in [0.05, 0.1) is 5.71 Å². The molecular formula is C25H24ClN3O3. The number of hydrogen-bond donors (Lipinski definition) is 2. The number of hydrogen-bond acceptors (Lipinski definition) is 4. The number of hydrazone groups is 1. The van der Waals surface area contributed by atoms with Crippen LogP contribution in [0.4, 0.5) is 5.69 Å². The Kier molecular flexibility index (Phi) is 7.63. The Morgan fingerprint density at radius 2 is 1.59 bits per heavy atom. The summed E-state index contributed by atoms with van der Waals surface area (Å²) in [5.74, 6) is -0.922. The van der Waals surface area contributed by atoms with Crippen LogP contribution in [0.3, 0.4) is 0 Å². The first-order valence-corrected chi connectivity index (χ1v) is 10.4. The van der Waals surface area contributed by atoms with Gasteiger partial charge in [-0.3, -0.25) is 9.59 Å². The van der Waals surface area contributed by atoms with Gasteiger partial charge in [-0.25, -0.2) is 5.43 Å². The minimum atomic E-state index is -0.842. The normalized spacial score (nSPS) is 11.1. The molecule has 3 aromatic carbocycles. The highest BCUT2D eigenvalue weighted by Crippen LogP contribution is 2.16. The Morgan fingerprint density at radius 1 is 0.906 bits per heavy atom. The van der Waals surface area contributed by atoms with Crippen LogP contribution < -0.4 is 15.5 Å². The van der Waals surface area contributed by atoms with Gasteiger partial charge >= 0.3 is 11.8 Å². The quantitative estimate of drug-likeness (QED) is 0.315. The highest BCUT2D eigenvalue weighted by atomic mass is 35.5. The molecular weight excluding hydrogens is 426 g/mol. The number of rotatable bonds is 6. The van der Waals surface area contributed by atoms with E-state index >= 15 is 0 Å². The number of benzene rings is 3. The first-order chi connectivity index (χ1) is 15.3. The third kappa shape index (κ3) is 6.43. The number of nitrogens with zero attached hydrogens (tertiary/aromatic N) is 1. The first-order valence-electron chi connectivity index (χ1n) is 10.0. The minimum Gasteiger partial charge on any atom is -0.489 e. The largest absolute Gasteiger partial charge is 0.489 e. The van der Waals surface area contributed by atoms with Crippen molar-refractivity contribution < 1.29 is 14.3 Å². The molecule has 0 saturated heterocycles. The van der Waals surface area contributed by atoms with E-state index in [4.69, 9.17) is 16.3 Å². The van der Waals surface area contributed by atoms with Gasteiger partial charge in [0.15, 0.2) is 0 Å². The van der Waals surface area contributed by atoms with Crippen molar-refractivity contribution in [1.29, 1.82) is 0 Å². The van der Waals surface area contributed by atoms with E-state index in [0.29, 0.717) is 28.8 Å². The lowest BCUT2D eigenvalue weighted by molar-refractivity contribution is -0.136. The molecule has 0 saturated carbocycles. The van der Waals surface area contributed by atoms with Gasteiger partial charge in [0.1, 0.15) is 12.4 Å². The molecule has 0 spiro atoms. The molecule has 0 bridgehead atoms. The minimum absolute atomic E-state index is 0.426. The lowest BCUT2D eigenvalue weighted by Gasteiger charge is -2.08. The van der Waals surface area contributed by atoms with Crippen LogP contribution in [0.5, 0.6) is 5.75 Å². The Morgan fingerprint density at radius 3 is 2.25 bits per heavy atom. The molecule has 0 radical (unpaired) electrons. The number of nitrogens with one attached hydrogen (secondary N) is 2. The third-order valence-electron chi connectivity index (χ3n) is 4.89. The second-order valence-electron chi connectivity index (χ2n) is 7.33. The molecule has 0 aromatic heterocycles. The predicted molar refractivity (Wildman–Crippen MR) is 127 cm³/mol. The lowest BCUT2D eigenvalue weighted by atomic mass is 10.1. The average Bonchev–Trinajstić information content (AvgIpc) is 2.79. The summed E-state index contributed by atoms with van der Waals surface area (Å²) < 4.78 is 5.76. The molecule has 0 aliphatic carbocycles. The molecule has 3 rings (SSSR count). The average molecular weight is 450 g/mol. The van der Waals surface area contributed by atoms with Crippen LogP contribution in [0.15, 0.2) is 71.8 Å². The Bertz CT molecular complexity index is 1140. The Labute approximate surface area is 192 Å². The van der Waals surface area contributed by atoms with Gasteiger partial charge in [-0.1, -0.05) is 29.8 Å². The fraction of sp³-hybridized carbons (Fsp3) is 0.160. The van der Waals surface area contributed by atoms with E-state index in [0.717, 1.165) is 22.3 Å². The summed E-state index contributed by atoms with van der Waals surface area (Å²) >= 11 is 5.89. The predicted octanol–water partition coefficient (Wildman–Crippen LogP) is 5.01. The van der Waals surface area contributed by atoms with Crippen LogP contribution >= 0.6 is 11.6 Å². The van der Waals surface area contributed by atoms with Gasteiger partial charge < -0.3 is 10.1 Å². The Hall–Kier alpha value is -3.64. The number of ether oxygens (including phenoxy) is 1. The van der Waals surface area contributed by atoms with Crippen LogP contribution in [0.25, 0.3) is 0 Å². The molecule has 2 N–H and O–H groups in total. The van der Waals surface area contributed by atoms with E-state index in [1.807, 2.05) is 74.5 Å². The number of halogens is 1. The van der Waals surface area contributed by atoms with Crippen molar-refractivity contribution in [3.63, 3.8) is 0 Å². The van der Waals surface area contributed by atoms with Crippen molar-refractivity contribution in [2.75, 3.05) is 5.32 Å². The fourth-order valence-corrected chi connectivity index (χ4v) is 2.92. The maximum Gasteiger partial charge on any atom is 0.329 e. The summed E-state index contributed by atoms with van der Waals surface area (Å²) in [7, 11) is 0.